The third kappa shape index (κ3) is 3.62. The third-order valence-corrected chi connectivity index (χ3v) is 3.10. The lowest BCUT2D eigenvalue weighted by atomic mass is 10.1. The van der Waals surface area contributed by atoms with Crippen molar-refractivity contribution in [1.82, 2.24) is 10.2 Å². The summed E-state index contributed by atoms with van der Waals surface area (Å²) in [5, 5.41) is 3.69. The van der Waals surface area contributed by atoms with Crippen molar-refractivity contribution in [2.75, 3.05) is 27.2 Å². The molecule has 0 aromatic heterocycles. The molecular formula is C14H22N2. The average molecular weight is 218 g/mol. The van der Waals surface area contributed by atoms with Crippen LogP contribution in [0.15, 0.2) is 30.3 Å². The molecule has 88 valence electrons. The molecule has 0 amide bonds. The van der Waals surface area contributed by atoms with Crippen LogP contribution in [0.4, 0.5) is 0 Å². The lowest BCUT2D eigenvalue weighted by molar-refractivity contribution is 0.339. The quantitative estimate of drug-likeness (QED) is 0.788. The van der Waals surface area contributed by atoms with E-state index in [1.807, 2.05) is 0 Å². The highest BCUT2D eigenvalue weighted by molar-refractivity contribution is 5.19. The average Bonchev–Trinajstić information content (AvgIpc) is 3.09. The molecule has 0 aliphatic heterocycles. The smallest absolute Gasteiger partial charge is 0.0449 e. The van der Waals surface area contributed by atoms with E-state index in [0.29, 0.717) is 6.04 Å². The summed E-state index contributed by atoms with van der Waals surface area (Å²) >= 11 is 0. The monoisotopic (exact) mass is 218 g/mol. The first-order valence-corrected chi connectivity index (χ1v) is 6.19. The van der Waals surface area contributed by atoms with Gasteiger partial charge in [0.05, 0.1) is 0 Å². The summed E-state index contributed by atoms with van der Waals surface area (Å²) in [4.78, 5) is 2.25. The van der Waals surface area contributed by atoms with Crippen LogP contribution in [0.3, 0.4) is 0 Å². The fraction of sp³-hybridized carbons (Fsp3) is 0.571. The lowest BCUT2D eigenvalue weighted by Gasteiger charge is -2.23. The molecule has 1 fully saturated rings. The number of rotatable bonds is 6. The van der Waals surface area contributed by atoms with Crippen LogP contribution in [0.2, 0.25) is 0 Å². The molecule has 2 rings (SSSR count). The summed E-state index contributed by atoms with van der Waals surface area (Å²) in [6.07, 6.45) is 2.83. The SMILES string of the molecule is CN(C)CC(NCC1CC1)c1ccccc1. The molecule has 1 unspecified atom stereocenters. The van der Waals surface area contributed by atoms with Gasteiger partial charge in [0.15, 0.2) is 0 Å². The Morgan fingerprint density at radius 2 is 1.94 bits per heavy atom. The van der Waals surface area contributed by atoms with E-state index in [1.54, 1.807) is 0 Å². The van der Waals surface area contributed by atoms with Crippen molar-refractivity contribution >= 4 is 0 Å². The highest BCUT2D eigenvalue weighted by Gasteiger charge is 2.22. The lowest BCUT2D eigenvalue weighted by Crippen LogP contribution is -2.32. The minimum Gasteiger partial charge on any atom is -0.309 e. The van der Waals surface area contributed by atoms with Crippen molar-refractivity contribution in [2.45, 2.75) is 18.9 Å². The van der Waals surface area contributed by atoms with Gasteiger partial charge in [0.25, 0.3) is 0 Å². The number of likely N-dealkylation sites (N-methyl/N-ethyl adjacent to an activating group) is 1. The Kier molecular flexibility index (Phi) is 3.97. The first kappa shape index (κ1) is 11.6. The van der Waals surface area contributed by atoms with Crippen molar-refractivity contribution in [3.63, 3.8) is 0 Å². The maximum Gasteiger partial charge on any atom is 0.0449 e. The summed E-state index contributed by atoms with van der Waals surface area (Å²) in [6, 6.07) is 11.2. The molecule has 0 spiro atoms. The summed E-state index contributed by atoms with van der Waals surface area (Å²) in [5.74, 6) is 0.938. The van der Waals surface area contributed by atoms with Gasteiger partial charge in [-0.25, -0.2) is 0 Å². The van der Waals surface area contributed by atoms with Crippen LogP contribution in [0, 0.1) is 5.92 Å². The van der Waals surface area contributed by atoms with Crippen molar-refractivity contribution in [3.8, 4) is 0 Å². The number of benzene rings is 1. The highest BCUT2D eigenvalue weighted by atomic mass is 15.1. The van der Waals surface area contributed by atoms with Gasteiger partial charge >= 0.3 is 0 Å². The number of nitrogens with one attached hydrogen (secondary N) is 1. The summed E-state index contributed by atoms with van der Waals surface area (Å²) < 4.78 is 0. The molecule has 1 saturated carbocycles. The van der Waals surface area contributed by atoms with Crippen LogP contribution in [0.1, 0.15) is 24.4 Å². The van der Waals surface area contributed by atoms with Gasteiger partial charge in [-0.15, -0.1) is 0 Å². The van der Waals surface area contributed by atoms with Crippen molar-refractivity contribution in [3.05, 3.63) is 35.9 Å². The first-order valence-electron chi connectivity index (χ1n) is 6.19. The maximum absolute atomic E-state index is 3.69. The molecule has 0 radical (unpaired) electrons. The molecule has 16 heavy (non-hydrogen) atoms. The van der Waals surface area contributed by atoms with Crippen LogP contribution >= 0.6 is 0 Å². The zero-order valence-electron chi connectivity index (χ0n) is 10.3. The molecule has 1 aromatic carbocycles. The van der Waals surface area contributed by atoms with E-state index in [-0.39, 0.29) is 0 Å². The zero-order valence-corrected chi connectivity index (χ0v) is 10.3. The zero-order chi connectivity index (χ0) is 11.4. The Morgan fingerprint density at radius 3 is 2.50 bits per heavy atom. The van der Waals surface area contributed by atoms with E-state index in [1.165, 1.54) is 24.9 Å². The second-order valence-corrected chi connectivity index (χ2v) is 5.08. The van der Waals surface area contributed by atoms with Gasteiger partial charge in [0.2, 0.25) is 0 Å². The number of hydrogen-bond donors (Lipinski definition) is 1. The predicted molar refractivity (Wildman–Crippen MR) is 68.5 cm³/mol. The molecular weight excluding hydrogens is 196 g/mol. The fourth-order valence-electron chi connectivity index (χ4n) is 1.97. The van der Waals surface area contributed by atoms with Gasteiger partial charge in [-0.05, 0) is 45.0 Å². The first-order chi connectivity index (χ1) is 7.75. The molecule has 1 N–H and O–H groups in total. The van der Waals surface area contributed by atoms with E-state index < -0.39 is 0 Å². The Labute approximate surface area is 98.7 Å². The van der Waals surface area contributed by atoms with Gasteiger partial charge in [0.1, 0.15) is 0 Å². The molecule has 0 heterocycles. The molecule has 1 aliphatic carbocycles. The maximum atomic E-state index is 3.69. The number of hydrogen-bond acceptors (Lipinski definition) is 2. The summed E-state index contributed by atoms with van der Waals surface area (Å²) in [7, 11) is 4.27. The Morgan fingerprint density at radius 1 is 1.25 bits per heavy atom. The van der Waals surface area contributed by atoms with Crippen molar-refractivity contribution in [2.24, 2.45) is 5.92 Å². The van der Waals surface area contributed by atoms with Gasteiger partial charge in [-0.2, -0.15) is 0 Å². The highest BCUT2D eigenvalue weighted by Crippen LogP contribution is 2.28. The fourth-order valence-corrected chi connectivity index (χ4v) is 1.97. The minimum absolute atomic E-state index is 0.469. The Balaban J connectivity index is 1.95. The predicted octanol–water partition coefficient (Wildman–Crippen LogP) is 2.29. The summed E-state index contributed by atoms with van der Waals surface area (Å²) in [6.45, 7) is 2.24. The molecule has 2 heteroatoms. The van der Waals surface area contributed by atoms with Gasteiger partial charge in [0, 0.05) is 12.6 Å². The van der Waals surface area contributed by atoms with E-state index >= 15 is 0 Å². The Bertz CT molecular complexity index is 304. The van der Waals surface area contributed by atoms with Crippen molar-refractivity contribution in [1.29, 1.82) is 0 Å². The molecule has 0 bridgehead atoms. The van der Waals surface area contributed by atoms with Crippen LogP contribution in [0.25, 0.3) is 0 Å². The molecule has 2 nitrogen and oxygen atoms in total. The van der Waals surface area contributed by atoms with Gasteiger partial charge in [-0.1, -0.05) is 30.3 Å². The normalized spacial score (nSPS) is 17.7. The van der Waals surface area contributed by atoms with Crippen LogP contribution in [-0.2, 0) is 0 Å². The Hall–Kier alpha value is -0.860. The van der Waals surface area contributed by atoms with Gasteiger partial charge in [-0.3, -0.25) is 0 Å². The second kappa shape index (κ2) is 5.46. The van der Waals surface area contributed by atoms with E-state index in [4.69, 9.17) is 0 Å². The summed E-state index contributed by atoms with van der Waals surface area (Å²) in [5.41, 5.74) is 1.40. The van der Waals surface area contributed by atoms with Crippen molar-refractivity contribution < 1.29 is 0 Å². The molecule has 1 aromatic rings. The standard InChI is InChI=1S/C14H22N2/c1-16(2)11-14(15-10-12-8-9-12)13-6-4-3-5-7-13/h3-7,12,14-15H,8-11H2,1-2H3. The van der Waals surface area contributed by atoms with E-state index in [2.05, 4.69) is 54.6 Å². The minimum atomic E-state index is 0.469. The number of nitrogens with zero attached hydrogens (tertiary/aromatic N) is 1. The topological polar surface area (TPSA) is 15.3 Å². The largest absolute Gasteiger partial charge is 0.309 e. The third-order valence-electron chi connectivity index (χ3n) is 3.10. The van der Waals surface area contributed by atoms with Gasteiger partial charge < -0.3 is 10.2 Å². The van der Waals surface area contributed by atoms with Crippen LogP contribution in [-0.4, -0.2) is 32.1 Å². The second-order valence-electron chi connectivity index (χ2n) is 5.08. The van der Waals surface area contributed by atoms with E-state index in [0.717, 1.165) is 12.5 Å². The van der Waals surface area contributed by atoms with Crippen LogP contribution < -0.4 is 5.32 Å². The van der Waals surface area contributed by atoms with Crippen LogP contribution in [0.5, 0.6) is 0 Å². The molecule has 1 atom stereocenters. The molecule has 0 saturated heterocycles. The molecule has 1 aliphatic rings. The van der Waals surface area contributed by atoms with E-state index in [9.17, 15) is 0 Å².